The Morgan fingerprint density at radius 3 is 2.42 bits per heavy atom. The fourth-order valence-electron chi connectivity index (χ4n) is 4.36. The Labute approximate surface area is 196 Å². The van der Waals surface area contributed by atoms with E-state index in [2.05, 4.69) is 0 Å². The first-order chi connectivity index (χ1) is 15.9. The van der Waals surface area contributed by atoms with Crippen LogP contribution in [0.3, 0.4) is 0 Å². The molecule has 33 heavy (non-hydrogen) atoms. The van der Waals surface area contributed by atoms with Crippen LogP contribution in [0.5, 0.6) is 11.5 Å². The molecule has 1 unspecified atom stereocenters. The summed E-state index contributed by atoms with van der Waals surface area (Å²) in [5, 5.41) is 0. The van der Waals surface area contributed by atoms with Gasteiger partial charge in [-0.05, 0) is 75.3 Å². The number of ether oxygens (including phenoxy) is 2. The molecule has 7 heteroatoms. The average molecular weight is 463 g/mol. The van der Waals surface area contributed by atoms with E-state index in [1.165, 1.54) is 0 Å². The number of carbonyl (C=O) groups is 1. The van der Waals surface area contributed by atoms with E-state index in [0.29, 0.717) is 12.2 Å². The lowest BCUT2D eigenvalue weighted by molar-refractivity contribution is -0.120. The summed E-state index contributed by atoms with van der Waals surface area (Å²) in [5.74, 6) is 1.64. The van der Waals surface area contributed by atoms with Crippen molar-refractivity contribution in [3.05, 3.63) is 71.5 Å². The zero-order valence-corrected chi connectivity index (χ0v) is 19.8. The van der Waals surface area contributed by atoms with Crippen molar-refractivity contribution >= 4 is 16.8 Å². The molecule has 1 aliphatic heterocycles. The number of ketones is 1. The van der Waals surface area contributed by atoms with Crippen molar-refractivity contribution in [1.29, 1.82) is 0 Å². The minimum atomic E-state index is -1.17. The maximum Gasteiger partial charge on any atom is 0.231 e. The highest BCUT2D eigenvalue weighted by atomic mass is 32.2. The van der Waals surface area contributed by atoms with Crippen LogP contribution in [0, 0.1) is 6.92 Å². The molecule has 3 aromatic rings. The summed E-state index contributed by atoms with van der Waals surface area (Å²) in [4.78, 5) is 18.8. The van der Waals surface area contributed by atoms with Crippen molar-refractivity contribution in [2.75, 3.05) is 20.9 Å². The molecule has 0 amide bonds. The van der Waals surface area contributed by atoms with Gasteiger partial charge in [-0.2, -0.15) is 0 Å². The molecule has 2 aliphatic rings. The Hall–Kier alpha value is -3.03. The van der Waals surface area contributed by atoms with Crippen LogP contribution in [-0.4, -0.2) is 40.2 Å². The number of fused-ring (bicyclic) bond motifs is 1. The molecule has 0 saturated heterocycles. The maximum atomic E-state index is 13.3. The SMILES string of the molecule is Cc1nc(CC(=O)C2(c3ccc4c(c3)OCO4)CC2)ccc1-c1ccc(S(=O)N(C)C)cc1. The number of pyridine rings is 1. The number of rotatable bonds is 7. The monoisotopic (exact) mass is 462 g/mol. The van der Waals surface area contributed by atoms with Gasteiger partial charge in [-0.1, -0.05) is 24.3 Å². The molecule has 1 fully saturated rings. The Morgan fingerprint density at radius 2 is 1.76 bits per heavy atom. The van der Waals surface area contributed by atoms with Crippen LogP contribution in [0.15, 0.2) is 59.5 Å². The van der Waals surface area contributed by atoms with Crippen molar-refractivity contribution < 1.29 is 18.5 Å². The van der Waals surface area contributed by atoms with Gasteiger partial charge in [-0.25, -0.2) is 8.51 Å². The molecule has 0 bridgehead atoms. The number of benzene rings is 2. The standard InChI is InChI=1S/C26H26N2O4S/c1-17-22(18-4-8-21(9-5-18)33(30)28(2)3)10-7-20(27-17)15-25(29)26(12-13-26)19-6-11-23-24(14-19)32-16-31-23/h4-11,14H,12-13,15-16H2,1-3H3. The second-order valence-corrected chi connectivity index (χ2v) is 10.5. The lowest BCUT2D eigenvalue weighted by Crippen LogP contribution is -2.23. The fourth-order valence-corrected chi connectivity index (χ4v) is 5.15. The number of aryl methyl sites for hydroxylation is 1. The lowest BCUT2D eigenvalue weighted by Gasteiger charge is -2.16. The quantitative estimate of drug-likeness (QED) is 0.526. The molecule has 1 atom stereocenters. The second-order valence-electron chi connectivity index (χ2n) is 8.77. The van der Waals surface area contributed by atoms with E-state index in [1.807, 2.05) is 61.5 Å². The number of aromatic nitrogens is 1. The van der Waals surface area contributed by atoms with Crippen molar-refractivity contribution in [2.45, 2.75) is 36.5 Å². The summed E-state index contributed by atoms with van der Waals surface area (Å²) >= 11 is 0. The van der Waals surface area contributed by atoms with Crippen LogP contribution in [-0.2, 0) is 27.6 Å². The van der Waals surface area contributed by atoms with E-state index in [1.54, 1.807) is 18.4 Å². The zero-order chi connectivity index (χ0) is 23.2. The second kappa shape index (κ2) is 8.39. The Balaban J connectivity index is 1.33. The van der Waals surface area contributed by atoms with E-state index in [0.717, 1.165) is 51.6 Å². The first-order valence-corrected chi connectivity index (χ1v) is 12.1. The molecule has 0 spiro atoms. The van der Waals surface area contributed by atoms with Crippen LogP contribution in [0.25, 0.3) is 11.1 Å². The fraction of sp³-hybridized carbons (Fsp3) is 0.308. The third-order valence-electron chi connectivity index (χ3n) is 6.39. The van der Waals surface area contributed by atoms with Gasteiger partial charge in [0, 0.05) is 23.4 Å². The third-order valence-corrected chi connectivity index (χ3v) is 7.73. The predicted molar refractivity (Wildman–Crippen MR) is 127 cm³/mol. The van der Waals surface area contributed by atoms with Gasteiger partial charge in [0.05, 0.1) is 10.3 Å². The van der Waals surface area contributed by atoms with Gasteiger partial charge in [-0.3, -0.25) is 9.78 Å². The van der Waals surface area contributed by atoms with E-state index in [4.69, 9.17) is 14.5 Å². The first kappa shape index (κ1) is 21.8. The van der Waals surface area contributed by atoms with Crippen molar-refractivity contribution in [3.8, 4) is 22.6 Å². The van der Waals surface area contributed by atoms with Crippen molar-refractivity contribution in [2.24, 2.45) is 0 Å². The van der Waals surface area contributed by atoms with Gasteiger partial charge in [-0.15, -0.1) is 0 Å². The van der Waals surface area contributed by atoms with Crippen LogP contribution >= 0.6 is 0 Å². The molecule has 2 aromatic carbocycles. The molecule has 5 rings (SSSR count). The molecule has 6 nitrogen and oxygen atoms in total. The van der Waals surface area contributed by atoms with Gasteiger partial charge in [0.15, 0.2) is 11.5 Å². The van der Waals surface area contributed by atoms with Gasteiger partial charge >= 0.3 is 0 Å². The Bertz CT molecular complexity index is 1250. The lowest BCUT2D eigenvalue weighted by atomic mass is 9.88. The first-order valence-electron chi connectivity index (χ1n) is 11.0. The minimum Gasteiger partial charge on any atom is -0.454 e. The molecule has 1 saturated carbocycles. The predicted octanol–water partition coefficient (Wildman–Crippen LogP) is 4.21. The highest BCUT2D eigenvalue weighted by molar-refractivity contribution is 7.82. The van der Waals surface area contributed by atoms with Crippen LogP contribution in [0.4, 0.5) is 0 Å². The topological polar surface area (TPSA) is 68.7 Å². The van der Waals surface area contributed by atoms with E-state index in [-0.39, 0.29) is 12.6 Å². The van der Waals surface area contributed by atoms with Gasteiger partial charge in [0.2, 0.25) is 6.79 Å². The zero-order valence-electron chi connectivity index (χ0n) is 19.0. The number of hydrogen-bond acceptors (Lipinski definition) is 5. The van der Waals surface area contributed by atoms with E-state index < -0.39 is 16.4 Å². The normalized spacial score (nSPS) is 16.6. The van der Waals surface area contributed by atoms with Crippen molar-refractivity contribution in [1.82, 2.24) is 9.29 Å². The summed E-state index contributed by atoms with van der Waals surface area (Å²) in [6, 6.07) is 17.4. The molecule has 0 N–H and O–H groups in total. The van der Waals surface area contributed by atoms with Crippen molar-refractivity contribution in [3.63, 3.8) is 0 Å². The summed E-state index contributed by atoms with van der Waals surface area (Å²) < 4.78 is 24.8. The molecular weight excluding hydrogens is 436 g/mol. The number of hydrogen-bond donors (Lipinski definition) is 0. The highest BCUT2D eigenvalue weighted by Gasteiger charge is 2.51. The van der Waals surface area contributed by atoms with Crippen LogP contribution < -0.4 is 9.47 Å². The Kier molecular flexibility index (Phi) is 5.54. The maximum absolute atomic E-state index is 13.3. The summed E-state index contributed by atoms with van der Waals surface area (Å²) in [6.45, 7) is 2.19. The number of carbonyl (C=O) groups excluding carboxylic acids is 1. The number of Topliss-reactive ketones (excluding diaryl/α,β-unsaturated/α-hetero) is 1. The number of nitrogens with zero attached hydrogens (tertiary/aromatic N) is 2. The molecule has 1 aromatic heterocycles. The average Bonchev–Trinajstić information content (AvgIpc) is 3.49. The van der Waals surface area contributed by atoms with Crippen LogP contribution in [0.2, 0.25) is 0 Å². The third kappa shape index (κ3) is 4.07. The Morgan fingerprint density at radius 1 is 1.03 bits per heavy atom. The van der Waals surface area contributed by atoms with E-state index >= 15 is 0 Å². The van der Waals surface area contributed by atoms with Crippen LogP contribution in [0.1, 0.15) is 29.8 Å². The minimum absolute atomic E-state index is 0.191. The molecule has 170 valence electrons. The summed E-state index contributed by atoms with van der Waals surface area (Å²) in [7, 11) is 2.41. The highest BCUT2D eigenvalue weighted by Crippen LogP contribution is 2.51. The molecular formula is C26H26N2O4S. The molecule has 2 heterocycles. The summed E-state index contributed by atoms with van der Waals surface area (Å²) in [5.41, 5.74) is 4.22. The molecule has 0 radical (unpaired) electrons. The smallest absolute Gasteiger partial charge is 0.231 e. The van der Waals surface area contributed by atoms with Gasteiger partial charge in [0.25, 0.3) is 0 Å². The summed E-state index contributed by atoms with van der Waals surface area (Å²) in [6.07, 6.45) is 2.00. The van der Waals surface area contributed by atoms with Gasteiger partial charge < -0.3 is 9.47 Å². The largest absolute Gasteiger partial charge is 0.454 e. The van der Waals surface area contributed by atoms with Gasteiger partial charge in [0.1, 0.15) is 16.8 Å². The molecule has 1 aliphatic carbocycles. The van der Waals surface area contributed by atoms with E-state index in [9.17, 15) is 9.00 Å².